The SMILES string of the molecule is CCNCc1ccc(N(CCO)CCOC)c(Cl)c1. The van der Waals surface area contributed by atoms with E-state index in [0.717, 1.165) is 24.3 Å². The number of benzene rings is 1. The van der Waals surface area contributed by atoms with Crippen LogP contribution >= 0.6 is 11.6 Å². The highest BCUT2D eigenvalue weighted by Crippen LogP contribution is 2.26. The molecule has 0 atom stereocenters. The van der Waals surface area contributed by atoms with Gasteiger partial charge in [-0.3, -0.25) is 0 Å². The van der Waals surface area contributed by atoms with Crippen molar-refractivity contribution < 1.29 is 9.84 Å². The van der Waals surface area contributed by atoms with Crippen molar-refractivity contribution in [3.8, 4) is 0 Å². The Morgan fingerprint density at radius 2 is 2.16 bits per heavy atom. The topological polar surface area (TPSA) is 44.7 Å². The van der Waals surface area contributed by atoms with E-state index in [2.05, 4.69) is 18.3 Å². The van der Waals surface area contributed by atoms with E-state index in [4.69, 9.17) is 21.4 Å². The monoisotopic (exact) mass is 286 g/mol. The normalized spacial score (nSPS) is 10.7. The van der Waals surface area contributed by atoms with Crippen LogP contribution in [0.25, 0.3) is 0 Å². The van der Waals surface area contributed by atoms with E-state index >= 15 is 0 Å². The summed E-state index contributed by atoms with van der Waals surface area (Å²) in [6.45, 7) is 5.79. The van der Waals surface area contributed by atoms with Crippen molar-refractivity contribution in [2.75, 3.05) is 44.9 Å². The van der Waals surface area contributed by atoms with Crippen molar-refractivity contribution in [2.45, 2.75) is 13.5 Å². The lowest BCUT2D eigenvalue weighted by Gasteiger charge is -2.25. The summed E-state index contributed by atoms with van der Waals surface area (Å²) in [5.74, 6) is 0. The molecule has 5 heteroatoms. The number of aliphatic hydroxyl groups excluding tert-OH is 1. The van der Waals surface area contributed by atoms with E-state index in [1.807, 2.05) is 17.0 Å². The van der Waals surface area contributed by atoms with Gasteiger partial charge in [-0.25, -0.2) is 0 Å². The molecule has 0 aliphatic heterocycles. The lowest BCUT2D eigenvalue weighted by molar-refractivity contribution is 0.203. The van der Waals surface area contributed by atoms with E-state index in [0.29, 0.717) is 24.7 Å². The summed E-state index contributed by atoms with van der Waals surface area (Å²) >= 11 is 6.33. The molecule has 108 valence electrons. The smallest absolute Gasteiger partial charge is 0.0642 e. The number of methoxy groups -OCH3 is 1. The molecule has 1 aromatic carbocycles. The summed E-state index contributed by atoms with van der Waals surface area (Å²) in [6.07, 6.45) is 0. The van der Waals surface area contributed by atoms with Gasteiger partial charge < -0.3 is 20.1 Å². The van der Waals surface area contributed by atoms with Gasteiger partial charge in [0.05, 0.1) is 23.9 Å². The van der Waals surface area contributed by atoms with Crippen molar-refractivity contribution in [1.29, 1.82) is 0 Å². The predicted molar refractivity (Wildman–Crippen MR) is 80.0 cm³/mol. The van der Waals surface area contributed by atoms with Gasteiger partial charge in [-0.15, -0.1) is 0 Å². The second-order valence-corrected chi connectivity index (χ2v) is 4.68. The highest BCUT2D eigenvalue weighted by atomic mass is 35.5. The summed E-state index contributed by atoms with van der Waals surface area (Å²) in [5.41, 5.74) is 2.10. The molecule has 19 heavy (non-hydrogen) atoms. The molecule has 0 saturated carbocycles. The van der Waals surface area contributed by atoms with Gasteiger partial charge in [0, 0.05) is 26.7 Å². The lowest BCUT2D eigenvalue weighted by atomic mass is 10.2. The van der Waals surface area contributed by atoms with Gasteiger partial charge in [-0.2, -0.15) is 0 Å². The summed E-state index contributed by atoms with van der Waals surface area (Å²) in [7, 11) is 1.66. The largest absolute Gasteiger partial charge is 0.395 e. The maximum absolute atomic E-state index is 9.12. The number of aliphatic hydroxyl groups is 1. The van der Waals surface area contributed by atoms with Gasteiger partial charge in [0.25, 0.3) is 0 Å². The van der Waals surface area contributed by atoms with Crippen LogP contribution in [-0.2, 0) is 11.3 Å². The highest BCUT2D eigenvalue weighted by Gasteiger charge is 2.10. The summed E-state index contributed by atoms with van der Waals surface area (Å²) < 4.78 is 5.08. The molecule has 0 aliphatic carbocycles. The molecule has 1 rings (SSSR count). The standard InChI is InChI=1S/C14H23ClN2O2/c1-3-16-11-12-4-5-14(13(15)10-12)17(6-8-18)7-9-19-2/h4-5,10,16,18H,3,6-9,11H2,1-2H3. The Morgan fingerprint density at radius 3 is 2.74 bits per heavy atom. The van der Waals surface area contributed by atoms with Crippen LogP contribution in [0.5, 0.6) is 0 Å². The Labute approximate surface area is 120 Å². The number of halogens is 1. The van der Waals surface area contributed by atoms with Gasteiger partial charge >= 0.3 is 0 Å². The Hall–Kier alpha value is -0.810. The first-order chi connectivity index (χ1) is 9.22. The zero-order chi connectivity index (χ0) is 14.1. The van der Waals surface area contributed by atoms with Crippen LogP contribution in [0.2, 0.25) is 5.02 Å². The molecular weight excluding hydrogens is 264 g/mol. The molecule has 0 unspecified atom stereocenters. The van der Waals surface area contributed by atoms with E-state index < -0.39 is 0 Å². The number of anilines is 1. The zero-order valence-electron chi connectivity index (χ0n) is 11.7. The summed E-state index contributed by atoms with van der Waals surface area (Å²) in [6, 6.07) is 6.03. The number of hydrogen-bond acceptors (Lipinski definition) is 4. The maximum Gasteiger partial charge on any atom is 0.0642 e. The van der Waals surface area contributed by atoms with Gasteiger partial charge in [-0.1, -0.05) is 24.6 Å². The van der Waals surface area contributed by atoms with Crippen LogP contribution in [-0.4, -0.2) is 45.1 Å². The molecular formula is C14H23ClN2O2. The Balaban J connectivity index is 2.78. The second-order valence-electron chi connectivity index (χ2n) is 4.27. The van der Waals surface area contributed by atoms with Gasteiger partial charge in [0.1, 0.15) is 0 Å². The molecule has 1 aromatic rings. The number of ether oxygens (including phenoxy) is 1. The minimum absolute atomic E-state index is 0.0964. The third kappa shape index (κ3) is 5.37. The molecule has 4 nitrogen and oxygen atoms in total. The molecule has 2 N–H and O–H groups in total. The Bertz CT molecular complexity index is 374. The predicted octanol–water partition coefficient (Wildman–Crippen LogP) is 1.89. The highest BCUT2D eigenvalue weighted by molar-refractivity contribution is 6.33. The summed E-state index contributed by atoms with van der Waals surface area (Å²) in [5, 5.41) is 13.1. The second kappa shape index (κ2) is 9.15. The molecule has 0 spiro atoms. The van der Waals surface area contributed by atoms with Crippen LogP contribution in [0.1, 0.15) is 12.5 Å². The fourth-order valence-electron chi connectivity index (χ4n) is 1.86. The minimum Gasteiger partial charge on any atom is -0.395 e. The molecule has 0 amide bonds. The molecule has 0 saturated heterocycles. The van der Waals surface area contributed by atoms with E-state index in [9.17, 15) is 0 Å². The molecule has 0 fully saturated rings. The Morgan fingerprint density at radius 1 is 1.37 bits per heavy atom. The first kappa shape index (κ1) is 16.2. The van der Waals surface area contributed by atoms with E-state index in [1.165, 1.54) is 0 Å². The van der Waals surface area contributed by atoms with Crippen molar-refractivity contribution in [3.05, 3.63) is 28.8 Å². The van der Waals surface area contributed by atoms with Crippen molar-refractivity contribution in [1.82, 2.24) is 5.32 Å². The van der Waals surface area contributed by atoms with Crippen molar-refractivity contribution in [2.24, 2.45) is 0 Å². The minimum atomic E-state index is 0.0964. The van der Waals surface area contributed by atoms with Crippen LogP contribution in [0.3, 0.4) is 0 Å². The van der Waals surface area contributed by atoms with Crippen molar-refractivity contribution in [3.63, 3.8) is 0 Å². The molecule has 0 aliphatic rings. The van der Waals surface area contributed by atoms with E-state index in [-0.39, 0.29) is 6.61 Å². The molecule has 0 aromatic heterocycles. The molecule has 0 radical (unpaired) electrons. The fraction of sp³-hybridized carbons (Fsp3) is 0.571. The third-order valence-corrected chi connectivity index (χ3v) is 3.17. The fourth-order valence-corrected chi connectivity index (χ4v) is 2.18. The maximum atomic E-state index is 9.12. The first-order valence-corrected chi connectivity index (χ1v) is 6.94. The Kier molecular flexibility index (Phi) is 7.82. The number of nitrogens with zero attached hydrogens (tertiary/aromatic N) is 1. The van der Waals surface area contributed by atoms with Crippen LogP contribution < -0.4 is 10.2 Å². The van der Waals surface area contributed by atoms with Gasteiger partial charge in [0.2, 0.25) is 0 Å². The first-order valence-electron chi connectivity index (χ1n) is 6.56. The quantitative estimate of drug-likeness (QED) is 0.728. The number of rotatable bonds is 9. The van der Waals surface area contributed by atoms with Crippen LogP contribution in [0, 0.1) is 0 Å². The molecule has 0 heterocycles. The van der Waals surface area contributed by atoms with E-state index in [1.54, 1.807) is 7.11 Å². The zero-order valence-corrected chi connectivity index (χ0v) is 12.4. The number of hydrogen-bond donors (Lipinski definition) is 2. The average Bonchev–Trinajstić information content (AvgIpc) is 2.41. The lowest BCUT2D eigenvalue weighted by Crippen LogP contribution is -2.30. The van der Waals surface area contributed by atoms with Crippen molar-refractivity contribution >= 4 is 17.3 Å². The van der Waals surface area contributed by atoms with Gasteiger partial charge in [-0.05, 0) is 24.2 Å². The third-order valence-electron chi connectivity index (χ3n) is 2.87. The summed E-state index contributed by atoms with van der Waals surface area (Å²) in [4.78, 5) is 2.03. The molecule has 0 bridgehead atoms. The number of nitrogens with one attached hydrogen (secondary N) is 1. The average molecular weight is 287 g/mol. The van der Waals surface area contributed by atoms with Gasteiger partial charge in [0.15, 0.2) is 0 Å². The van der Waals surface area contributed by atoms with Crippen LogP contribution in [0.4, 0.5) is 5.69 Å². The van der Waals surface area contributed by atoms with Crippen LogP contribution in [0.15, 0.2) is 18.2 Å².